The number of aliphatic hydroxyl groups is 1. The van der Waals surface area contributed by atoms with Crippen LogP contribution in [0.5, 0.6) is 0 Å². The fraction of sp³-hybridized carbons (Fsp3) is 0.300. The number of nitrogens with zero attached hydrogens (tertiary/aromatic N) is 2. The first kappa shape index (κ1) is 16.0. The summed E-state index contributed by atoms with van der Waals surface area (Å²) < 4.78 is 0. The number of benzene rings is 1. The van der Waals surface area contributed by atoms with E-state index in [4.69, 9.17) is 0 Å². The van der Waals surface area contributed by atoms with E-state index < -0.39 is 0 Å². The van der Waals surface area contributed by atoms with Gasteiger partial charge in [-0.3, -0.25) is 9.69 Å². The van der Waals surface area contributed by atoms with Crippen molar-refractivity contribution in [2.75, 3.05) is 13.2 Å². The monoisotopic (exact) mass is 335 g/mol. The smallest absolute Gasteiger partial charge is 0.168 e. The quantitative estimate of drug-likeness (QED) is 0.703. The number of carbonyl (C=O) groups excluding carboxylic acids is 1. The molecule has 3 heterocycles. The Labute approximate surface area is 146 Å². The molecule has 1 aromatic carbocycles. The van der Waals surface area contributed by atoms with Crippen LogP contribution in [0.4, 0.5) is 0 Å². The molecule has 3 aromatic rings. The second-order valence-electron chi connectivity index (χ2n) is 6.61. The van der Waals surface area contributed by atoms with Gasteiger partial charge in [0.15, 0.2) is 6.29 Å². The number of carbonyl (C=O) groups is 1. The number of aliphatic hydroxyl groups excluding tert-OH is 1. The standard InChI is InChI=1S/C20H21N3O2/c24-12-16-3-1-5-19(21-16)14-6-7-20-15(9-14)10-17(22-20)11-23-8-2-4-18(23)13-25/h1,3,5-7,9-10,12,18,22,25H,2,4,8,11,13H2. The number of fused-ring (bicyclic) bond motifs is 1. The summed E-state index contributed by atoms with van der Waals surface area (Å²) in [5.74, 6) is 0. The second-order valence-corrected chi connectivity index (χ2v) is 6.61. The molecule has 0 aliphatic carbocycles. The van der Waals surface area contributed by atoms with Crippen molar-refractivity contribution in [3.05, 3.63) is 53.9 Å². The Kier molecular flexibility index (Phi) is 4.34. The van der Waals surface area contributed by atoms with Crippen LogP contribution in [-0.4, -0.2) is 45.5 Å². The molecule has 128 valence electrons. The van der Waals surface area contributed by atoms with Crippen molar-refractivity contribution >= 4 is 17.2 Å². The Hall–Kier alpha value is -2.50. The van der Waals surface area contributed by atoms with E-state index in [9.17, 15) is 9.90 Å². The highest BCUT2D eigenvalue weighted by Gasteiger charge is 2.23. The van der Waals surface area contributed by atoms with E-state index in [0.29, 0.717) is 5.69 Å². The number of aromatic amines is 1. The van der Waals surface area contributed by atoms with Gasteiger partial charge in [0, 0.05) is 34.7 Å². The predicted octanol–water partition coefficient (Wildman–Crippen LogP) is 3.00. The topological polar surface area (TPSA) is 69.2 Å². The van der Waals surface area contributed by atoms with Crippen molar-refractivity contribution in [3.8, 4) is 11.3 Å². The third-order valence-corrected chi connectivity index (χ3v) is 4.95. The Balaban J connectivity index is 1.62. The number of aldehydes is 1. The summed E-state index contributed by atoms with van der Waals surface area (Å²) in [6, 6.07) is 14.1. The maximum atomic E-state index is 10.9. The van der Waals surface area contributed by atoms with Gasteiger partial charge in [0.25, 0.3) is 0 Å². The molecule has 1 atom stereocenters. The zero-order chi connectivity index (χ0) is 17.2. The van der Waals surface area contributed by atoms with Crippen molar-refractivity contribution in [2.45, 2.75) is 25.4 Å². The largest absolute Gasteiger partial charge is 0.395 e. The van der Waals surface area contributed by atoms with Gasteiger partial charge in [-0.25, -0.2) is 4.98 Å². The molecule has 5 nitrogen and oxygen atoms in total. The molecule has 0 spiro atoms. The van der Waals surface area contributed by atoms with E-state index >= 15 is 0 Å². The SMILES string of the molecule is O=Cc1cccc(-c2ccc3[nH]c(CN4CCCC4CO)cc3c2)n1. The third-order valence-electron chi connectivity index (χ3n) is 4.95. The molecule has 2 N–H and O–H groups in total. The highest BCUT2D eigenvalue weighted by molar-refractivity contribution is 5.85. The molecule has 25 heavy (non-hydrogen) atoms. The molecular formula is C20H21N3O2. The van der Waals surface area contributed by atoms with Crippen LogP contribution in [0.25, 0.3) is 22.2 Å². The summed E-state index contributed by atoms with van der Waals surface area (Å²) in [5, 5.41) is 10.6. The number of H-pyrrole nitrogens is 1. The number of hydrogen-bond acceptors (Lipinski definition) is 4. The van der Waals surface area contributed by atoms with Gasteiger partial charge in [-0.1, -0.05) is 12.1 Å². The molecule has 0 amide bonds. The first-order valence-corrected chi connectivity index (χ1v) is 8.66. The zero-order valence-electron chi connectivity index (χ0n) is 14.0. The number of nitrogens with one attached hydrogen (secondary N) is 1. The number of pyridine rings is 1. The summed E-state index contributed by atoms with van der Waals surface area (Å²) >= 11 is 0. The lowest BCUT2D eigenvalue weighted by Crippen LogP contribution is -2.31. The van der Waals surface area contributed by atoms with Crippen LogP contribution >= 0.6 is 0 Å². The molecule has 0 bridgehead atoms. The van der Waals surface area contributed by atoms with Gasteiger partial charge in [-0.05, 0) is 49.7 Å². The normalized spacial score (nSPS) is 18.0. The number of rotatable bonds is 5. The summed E-state index contributed by atoms with van der Waals surface area (Å²) in [6.07, 6.45) is 2.98. The van der Waals surface area contributed by atoms with Crippen LogP contribution in [0.2, 0.25) is 0 Å². The van der Waals surface area contributed by atoms with Crippen LogP contribution in [0, 0.1) is 0 Å². The first-order chi connectivity index (χ1) is 12.3. The van der Waals surface area contributed by atoms with Gasteiger partial charge in [-0.2, -0.15) is 0 Å². The lowest BCUT2D eigenvalue weighted by atomic mass is 10.1. The van der Waals surface area contributed by atoms with E-state index in [1.54, 1.807) is 6.07 Å². The maximum absolute atomic E-state index is 10.9. The molecule has 2 aromatic heterocycles. The minimum absolute atomic E-state index is 0.225. The molecule has 0 saturated carbocycles. The van der Waals surface area contributed by atoms with E-state index in [0.717, 1.165) is 60.1 Å². The van der Waals surface area contributed by atoms with Gasteiger partial charge in [0.05, 0.1) is 12.3 Å². The average Bonchev–Trinajstić information content (AvgIpc) is 3.27. The Morgan fingerprint density at radius 3 is 3.04 bits per heavy atom. The minimum atomic E-state index is 0.225. The Bertz CT molecular complexity index is 903. The number of aromatic nitrogens is 2. The van der Waals surface area contributed by atoms with Crippen LogP contribution in [0.3, 0.4) is 0 Å². The van der Waals surface area contributed by atoms with Crippen LogP contribution < -0.4 is 0 Å². The maximum Gasteiger partial charge on any atom is 0.168 e. The van der Waals surface area contributed by atoms with Crippen LogP contribution in [0.15, 0.2) is 42.5 Å². The molecule has 1 unspecified atom stereocenters. The molecule has 4 rings (SSSR count). The second kappa shape index (κ2) is 6.78. The van der Waals surface area contributed by atoms with Crippen LogP contribution in [0.1, 0.15) is 29.0 Å². The zero-order valence-corrected chi connectivity index (χ0v) is 14.0. The minimum Gasteiger partial charge on any atom is -0.395 e. The fourth-order valence-electron chi connectivity index (χ4n) is 3.64. The van der Waals surface area contributed by atoms with Crippen molar-refractivity contribution in [3.63, 3.8) is 0 Å². The summed E-state index contributed by atoms with van der Waals surface area (Å²) in [4.78, 5) is 21.1. The number of hydrogen-bond donors (Lipinski definition) is 2. The summed E-state index contributed by atoms with van der Waals surface area (Å²) in [6.45, 7) is 2.09. The van der Waals surface area contributed by atoms with Crippen molar-refractivity contribution in [1.82, 2.24) is 14.9 Å². The molecule has 1 saturated heterocycles. The van der Waals surface area contributed by atoms with Gasteiger partial charge in [-0.15, -0.1) is 0 Å². The molecule has 5 heteroatoms. The van der Waals surface area contributed by atoms with E-state index in [2.05, 4.69) is 33.1 Å². The van der Waals surface area contributed by atoms with E-state index in [1.165, 1.54) is 0 Å². The fourth-order valence-corrected chi connectivity index (χ4v) is 3.64. The molecule has 0 radical (unpaired) electrons. The molecule has 1 aliphatic rings. The summed E-state index contributed by atoms with van der Waals surface area (Å²) in [5.41, 5.74) is 4.48. The highest BCUT2D eigenvalue weighted by Crippen LogP contribution is 2.26. The first-order valence-electron chi connectivity index (χ1n) is 8.66. The predicted molar refractivity (Wildman–Crippen MR) is 97.4 cm³/mol. The average molecular weight is 335 g/mol. The van der Waals surface area contributed by atoms with E-state index in [1.807, 2.05) is 18.2 Å². The third kappa shape index (κ3) is 3.21. The van der Waals surface area contributed by atoms with Crippen molar-refractivity contribution < 1.29 is 9.90 Å². The van der Waals surface area contributed by atoms with Crippen LogP contribution in [-0.2, 0) is 6.54 Å². The Morgan fingerprint density at radius 1 is 1.28 bits per heavy atom. The summed E-state index contributed by atoms with van der Waals surface area (Å²) in [7, 11) is 0. The lowest BCUT2D eigenvalue weighted by molar-refractivity contribution is 0.111. The molecule has 1 fully saturated rings. The Morgan fingerprint density at radius 2 is 2.20 bits per heavy atom. The van der Waals surface area contributed by atoms with Crippen molar-refractivity contribution in [1.29, 1.82) is 0 Å². The van der Waals surface area contributed by atoms with Gasteiger partial charge in [0.1, 0.15) is 5.69 Å². The lowest BCUT2D eigenvalue weighted by Gasteiger charge is -2.21. The van der Waals surface area contributed by atoms with E-state index in [-0.39, 0.29) is 12.6 Å². The molecular weight excluding hydrogens is 314 g/mol. The van der Waals surface area contributed by atoms with Gasteiger partial charge >= 0.3 is 0 Å². The van der Waals surface area contributed by atoms with Crippen molar-refractivity contribution in [2.24, 2.45) is 0 Å². The van der Waals surface area contributed by atoms with Gasteiger partial charge < -0.3 is 10.1 Å². The highest BCUT2D eigenvalue weighted by atomic mass is 16.3. The van der Waals surface area contributed by atoms with Gasteiger partial charge in [0.2, 0.25) is 0 Å². The number of likely N-dealkylation sites (tertiary alicyclic amines) is 1. The molecule has 1 aliphatic heterocycles.